The highest BCUT2D eigenvalue weighted by Crippen LogP contribution is 2.38. The SMILES string of the molecule is CCCOCCC(=O)OC(C)(C)C.COc1ccc(-c2c(-c3ccccc3)oc3nc[nH]c(=O)c23)cc1. The molecule has 0 aliphatic carbocycles. The zero-order valence-electron chi connectivity index (χ0n) is 22.0. The first-order chi connectivity index (χ1) is 17.7. The number of nitrogens with zero attached hydrogens (tertiary/aromatic N) is 1. The Bertz CT molecular complexity index is 1340. The van der Waals surface area contributed by atoms with Crippen molar-refractivity contribution in [3.63, 3.8) is 0 Å². The molecule has 0 unspecified atom stereocenters. The molecule has 2 aromatic heterocycles. The third-order valence-corrected chi connectivity index (χ3v) is 5.13. The van der Waals surface area contributed by atoms with Gasteiger partial charge in [0.15, 0.2) is 0 Å². The molecule has 0 saturated heterocycles. The van der Waals surface area contributed by atoms with Gasteiger partial charge in [0.2, 0.25) is 5.71 Å². The van der Waals surface area contributed by atoms with Crippen LogP contribution in [0.4, 0.5) is 0 Å². The quantitative estimate of drug-likeness (QED) is 0.231. The molecule has 0 saturated carbocycles. The molecule has 8 heteroatoms. The molecule has 196 valence electrons. The Kier molecular flexibility index (Phi) is 9.63. The molecule has 0 spiro atoms. The highest BCUT2D eigenvalue weighted by Gasteiger charge is 2.21. The van der Waals surface area contributed by atoms with Gasteiger partial charge in [-0.05, 0) is 44.9 Å². The first-order valence-electron chi connectivity index (χ1n) is 12.2. The number of hydrogen-bond donors (Lipinski definition) is 1. The van der Waals surface area contributed by atoms with Gasteiger partial charge in [0.25, 0.3) is 5.56 Å². The highest BCUT2D eigenvalue weighted by molar-refractivity contribution is 5.99. The van der Waals surface area contributed by atoms with Gasteiger partial charge in [-0.2, -0.15) is 0 Å². The number of carbonyl (C=O) groups is 1. The van der Waals surface area contributed by atoms with E-state index in [-0.39, 0.29) is 17.1 Å². The van der Waals surface area contributed by atoms with Crippen molar-refractivity contribution >= 4 is 17.1 Å². The lowest BCUT2D eigenvalue weighted by Crippen LogP contribution is -2.24. The maximum atomic E-state index is 12.4. The Labute approximate surface area is 216 Å². The number of carbonyl (C=O) groups excluding carboxylic acids is 1. The van der Waals surface area contributed by atoms with Crippen molar-refractivity contribution < 1.29 is 23.4 Å². The normalized spacial score (nSPS) is 11.1. The number of esters is 1. The molecule has 0 amide bonds. The average molecular weight is 507 g/mol. The van der Waals surface area contributed by atoms with Crippen LogP contribution in [0.25, 0.3) is 33.6 Å². The van der Waals surface area contributed by atoms with Gasteiger partial charge in [0.1, 0.15) is 22.5 Å². The summed E-state index contributed by atoms with van der Waals surface area (Å²) in [6.45, 7) is 8.78. The largest absolute Gasteiger partial charge is 0.497 e. The zero-order valence-corrected chi connectivity index (χ0v) is 22.0. The van der Waals surface area contributed by atoms with Gasteiger partial charge in [-0.25, -0.2) is 4.98 Å². The standard InChI is InChI=1S/C19H14N2O3.C10H20O3/c1-23-14-9-7-12(8-10-14)15-16-18(22)20-11-21-19(16)24-17(15)13-5-3-2-4-6-13;1-5-7-12-8-6-9(11)13-10(2,3)4/h2-11H,1H3,(H,20,21,22);5-8H2,1-4H3. The number of rotatable bonds is 8. The van der Waals surface area contributed by atoms with E-state index in [0.29, 0.717) is 36.5 Å². The second-order valence-electron chi connectivity index (χ2n) is 9.26. The van der Waals surface area contributed by atoms with Crippen LogP contribution in [-0.2, 0) is 14.3 Å². The first kappa shape index (κ1) is 27.7. The summed E-state index contributed by atoms with van der Waals surface area (Å²) in [4.78, 5) is 30.3. The Morgan fingerprint density at radius 2 is 1.70 bits per heavy atom. The van der Waals surface area contributed by atoms with Gasteiger partial charge >= 0.3 is 5.97 Å². The topological polar surface area (TPSA) is 104 Å². The molecule has 2 heterocycles. The summed E-state index contributed by atoms with van der Waals surface area (Å²) in [7, 11) is 1.62. The highest BCUT2D eigenvalue weighted by atomic mass is 16.6. The molecule has 4 aromatic rings. The van der Waals surface area contributed by atoms with Gasteiger partial charge < -0.3 is 23.6 Å². The molecule has 0 fully saturated rings. The summed E-state index contributed by atoms with van der Waals surface area (Å²) in [5.41, 5.74) is 2.20. The average Bonchev–Trinajstić information content (AvgIpc) is 3.28. The van der Waals surface area contributed by atoms with E-state index in [2.05, 4.69) is 9.97 Å². The van der Waals surface area contributed by atoms with Crippen molar-refractivity contribution in [1.29, 1.82) is 0 Å². The van der Waals surface area contributed by atoms with E-state index in [4.69, 9.17) is 18.6 Å². The van der Waals surface area contributed by atoms with Gasteiger partial charge in [-0.1, -0.05) is 49.4 Å². The van der Waals surface area contributed by atoms with Gasteiger partial charge in [-0.15, -0.1) is 0 Å². The van der Waals surface area contributed by atoms with E-state index in [1.165, 1.54) is 6.33 Å². The summed E-state index contributed by atoms with van der Waals surface area (Å²) in [5, 5.41) is 0.446. The fourth-order valence-corrected chi connectivity index (χ4v) is 3.56. The number of hydrogen-bond acceptors (Lipinski definition) is 7. The van der Waals surface area contributed by atoms with Crippen molar-refractivity contribution in [2.75, 3.05) is 20.3 Å². The van der Waals surface area contributed by atoms with Crippen molar-refractivity contribution in [3.05, 3.63) is 71.3 Å². The maximum Gasteiger partial charge on any atom is 0.308 e. The molecule has 0 radical (unpaired) electrons. The molecular weight excluding hydrogens is 472 g/mol. The number of aromatic nitrogens is 2. The lowest BCUT2D eigenvalue weighted by molar-refractivity contribution is -0.156. The summed E-state index contributed by atoms with van der Waals surface area (Å²) in [5.74, 6) is 1.18. The van der Waals surface area contributed by atoms with Crippen LogP contribution in [-0.4, -0.2) is 41.9 Å². The first-order valence-corrected chi connectivity index (χ1v) is 12.2. The number of ether oxygens (including phenoxy) is 3. The van der Waals surface area contributed by atoms with Crippen LogP contribution in [0.1, 0.15) is 40.5 Å². The van der Waals surface area contributed by atoms with Crippen LogP contribution in [0.15, 0.2) is 70.1 Å². The van der Waals surface area contributed by atoms with Crippen LogP contribution in [0.3, 0.4) is 0 Å². The smallest absolute Gasteiger partial charge is 0.308 e. The molecular formula is C29H34N2O6. The van der Waals surface area contributed by atoms with Crippen molar-refractivity contribution in [3.8, 4) is 28.2 Å². The van der Waals surface area contributed by atoms with E-state index >= 15 is 0 Å². The number of benzene rings is 2. The second kappa shape index (κ2) is 12.9. The molecule has 8 nitrogen and oxygen atoms in total. The minimum Gasteiger partial charge on any atom is -0.497 e. The maximum absolute atomic E-state index is 12.4. The van der Waals surface area contributed by atoms with Crippen molar-refractivity contribution in [2.45, 2.75) is 46.1 Å². The number of H-pyrrole nitrogens is 1. The number of fused-ring (bicyclic) bond motifs is 1. The van der Waals surface area contributed by atoms with Crippen LogP contribution < -0.4 is 10.3 Å². The molecule has 0 bridgehead atoms. The molecule has 0 aliphatic rings. The molecule has 0 atom stereocenters. The molecule has 4 rings (SSSR count). The van der Waals surface area contributed by atoms with Gasteiger partial charge in [0, 0.05) is 17.7 Å². The van der Waals surface area contributed by atoms with E-state index in [9.17, 15) is 9.59 Å². The minimum absolute atomic E-state index is 0.191. The predicted molar refractivity (Wildman–Crippen MR) is 144 cm³/mol. The van der Waals surface area contributed by atoms with Crippen LogP contribution in [0.5, 0.6) is 5.75 Å². The van der Waals surface area contributed by atoms with E-state index in [1.807, 2.05) is 82.3 Å². The van der Waals surface area contributed by atoms with E-state index in [1.54, 1.807) is 7.11 Å². The van der Waals surface area contributed by atoms with Crippen molar-refractivity contribution in [1.82, 2.24) is 9.97 Å². The van der Waals surface area contributed by atoms with Gasteiger partial charge in [0.05, 0.1) is 26.5 Å². The van der Waals surface area contributed by atoms with Gasteiger partial charge in [-0.3, -0.25) is 9.59 Å². The Morgan fingerprint density at radius 3 is 2.32 bits per heavy atom. The zero-order chi connectivity index (χ0) is 26.8. The summed E-state index contributed by atoms with van der Waals surface area (Å²) < 4.78 is 21.4. The number of aromatic amines is 1. The summed E-state index contributed by atoms with van der Waals surface area (Å²) >= 11 is 0. The van der Waals surface area contributed by atoms with Crippen LogP contribution in [0, 0.1) is 0 Å². The fourth-order valence-electron chi connectivity index (χ4n) is 3.56. The number of nitrogens with one attached hydrogen (secondary N) is 1. The van der Waals surface area contributed by atoms with Crippen LogP contribution >= 0.6 is 0 Å². The Balaban J connectivity index is 0.000000251. The van der Waals surface area contributed by atoms with Crippen LogP contribution in [0.2, 0.25) is 0 Å². The summed E-state index contributed by atoms with van der Waals surface area (Å²) in [6.07, 6.45) is 2.67. The lowest BCUT2D eigenvalue weighted by Gasteiger charge is -2.19. The lowest BCUT2D eigenvalue weighted by atomic mass is 9.99. The fraction of sp³-hybridized carbons (Fsp3) is 0.345. The second-order valence-corrected chi connectivity index (χ2v) is 9.26. The summed E-state index contributed by atoms with van der Waals surface area (Å²) in [6, 6.07) is 17.2. The van der Waals surface area contributed by atoms with E-state index < -0.39 is 0 Å². The minimum atomic E-state index is -0.387. The molecule has 1 N–H and O–H groups in total. The third kappa shape index (κ3) is 7.79. The molecule has 2 aromatic carbocycles. The number of furan rings is 1. The Hall–Kier alpha value is -3.91. The predicted octanol–water partition coefficient (Wildman–Crippen LogP) is 6.00. The Morgan fingerprint density at radius 1 is 1.00 bits per heavy atom. The number of methoxy groups -OCH3 is 1. The molecule has 0 aliphatic heterocycles. The monoisotopic (exact) mass is 506 g/mol. The third-order valence-electron chi connectivity index (χ3n) is 5.13. The van der Waals surface area contributed by atoms with E-state index in [0.717, 1.165) is 28.9 Å². The molecule has 37 heavy (non-hydrogen) atoms. The van der Waals surface area contributed by atoms with Crippen molar-refractivity contribution in [2.24, 2.45) is 0 Å².